The Bertz CT molecular complexity index is 1790. The summed E-state index contributed by atoms with van der Waals surface area (Å²) < 4.78 is 6.36. The Morgan fingerprint density at radius 2 is 1.62 bits per heavy atom. The standard InChI is InChI=1S/C29H24NO.C8H15NO.Ir/c1-17(2)22-16-24(30-23-14-7-5-10-18(22)23)19-12-9-13-21-26(19)29(3,4)27-20-11-6-8-15-25(20)31-28(21)27;1-6(2)9-7(3)5-8(4)10;/h5-11,13-17H,1-4H3;5-6H,1-4H3,(H,9,10);/q-1;;/p-1. The Kier molecular flexibility index (Phi) is 9.25. The maximum absolute atomic E-state index is 10.5. The van der Waals surface area contributed by atoms with Gasteiger partial charge in [0.05, 0.1) is 5.52 Å². The third-order valence-corrected chi connectivity index (χ3v) is 7.59. The predicted octanol–water partition coefficient (Wildman–Crippen LogP) is 10.1. The van der Waals surface area contributed by atoms with Crippen LogP contribution < -0.4 is 0 Å². The Morgan fingerprint density at radius 3 is 2.29 bits per heavy atom. The molecule has 0 N–H and O–H groups in total. The van der Waals surface area contributed by atoms with Crippen molar-refractivity contribution in [2.45, 2.75) is 72.8 Å². The Hall–Kier alpha value is -3.53. The molecule has 219 valence electrons. The van der Waals surface area contributed by atoms with Crippen LogP contribution in [-0.4, -0.2) is 16.8 Å². The fourth-order valence-corrected chi connectivity index (χ4v) is 6.07. The van der Waals surface area contributed by atoms with E-state index in [-0.39, 0.29) is 37.3 Å². The molecule has 5 heteroatoms. The fraction of sp³-hybridized carbons (Fsp3) is 0.297. The smallest absolute Gasteiger partial charge is 0.151 e. The molecule has 2 heterocycles. The zero-order chi connectivity index (χ0) is 29.5. The van der Waals surface area contributed by atoms with Gasteiger partial charge >= 0.3 is 0 Å². The second-order valence-corrected chi connectivity index (χ2v) is 12.0. The minimum absolute atomic E-state index is 0. The van der Waals surface area contributed by atoms with E-state index in [0.29, 0.717) is 5.92 Å². The van der Waals surface area contributed by atoms with Gasteiger partial charge in [-0.1, -0.05) is 96.5 Å². The van der Waals surface area contributed by atoms with Gasteiger partial charge in [-0.05, 0) is 47.7 Å². The molecule has 0 unspecified atom stereocenters. The molecule has 0 amide bonds. The third-order valence-electron chi connectivity index (χ3n) is 7.59. The number of furan rings is 1. The number of carbonyl (C=O) groups is 1. The predicted molar refractivity (Wildman–Crippen MR) is 170 cm³/mol. The number of hydrogen-bond acceptors (Lipinski definition) is 3. The summed E-state index contributed by atoms with van der Waals surface area (Å²) in [6, 6.07) is 27.0. The minimum atomic E-state index is -0.199. The third kappa shape index (κ3) is 5.86. The van der Waals surface area contributed by atoms with Crippen LogP contribution in [0.5, 0.6) is 0 Å². The van der Waals surface area contributed by atoms with Crippen molar-refractivity contribution < 1.29 is 29.3 Å². The van der Waals surface area contributed by atoms with Crippen molar-refractivity contribution in [3.63, 3.8) is 0 Å². The summed E-state index contributed by atoms with van der Waals surface area (Å²) >= 11 is 0. The number of fused-ring (bicyclic) bond motifs is 6. The summed E-state index contributed by atoms with van der Waals surface area (Å²) in [4.78, 5) is 15.6. The fourth-order valence-electron chi connectivity index (χ4n) is 6.07. The van der Waals surface area contributed by atoms with Crippen molar-refractivity contribution >= 4 is 27.7 Å². The summed E-state index contributed by atoms with van der Waals surface area (Å²) in [7, 11) is 0. The van der Waals surface area contributed by atoms with E-state index in [4.69, 9.17) is 9.40 Å². The van der Waals surface area contributed by atoms with E-state index in [1.165, 1.54) is 34.4 Å². The van der Waals surface area contributed by atoms with Crippen LogP contribution in [-0.2, 0) is 30.3 Å². The van der Waals surface area contributed by atoms with E-state index in [1.807, 2.05) is 32.9 Å². The maximum Gasteiger partial charge on any atom is 0.151 e. The van der Waals surface area contributed by atoms with E-state index >= 15 is 0 Å². The maximum atomic E-state index is 10.5. The van der Waals surface area contributed by atoms with Crippen LogP contribution in [0.3, 0.4) is 0 Å². The zero-order valence-electron chi connectivity index (χ0n) is 25.6. The first-order chi connectivity index (χ1) is 19.5. The number of benzene rings is 3. The second-order valence-electron chi connectivity index (χ2n) is 12.0. The van der Waals surface area contributed by atoms with Crippen LogP contribution in [0.4, 0.5) is 0 Å². The van der Waals surface area contributed by atoms with Crippen molar-refractivity contribution in [3.05, 3.63) is 107 Å². The molecule has 42 heavy (non-hydrogen) atoms. The number of carbonyl (C=O) groups excluding carboxylic acids is 1. The molecule has 1 aliphatic carbocycles. The van der Waals surface area contributed by atoms with E-state index in [1.54, 1.807) is 6.08 Å². The van der Waals surface area contributed by atoms with Crippen LogP contribution in [0.2, 0.25) is 0 Å². The first kappa shape index (κ1) is 31.4. The van der Waals surface area contributed by atoms with Crippen LogP contribution >= 0.6 is 0 Å². The molecule has 0 fully saturated rings. The van der Waals surface area contributed by atoms with Gasteiger partial charge in [-0.3, -0.25) is 9.78 Å². The second kappa shape index (κ2) is 12.4. The molecule has 4 nitrogen and oxygen atoms in total. The Morgan fingerprint density at radius 1 is 0.952 bits per heavy atom. The molecule has 0 saturated heterocycles. The van der Waals surface area contributed by atoms with Gasteiger partial charge in [0.2, 0.25) is 0 Å². The van der Waals surface area contributed by atoms with Gasteiger partial charge < -0.3 is 9.73 Å². The van der Waals surface area contributed by atoms with E-state index < -0.39 is 0 Å². The van der Waals surface area contributed by atoms with Crippen molar-refractivity contribution in [2.24, 2.45) is 0 Å². The van der Waals surface area contributed by atoms with Gasteiger partial charge in [0.1, 0.15) is 11.3 Å². The molecule has 0 aliphatic heterocycles. The Labute approximate surface area is 263 Å². The average Bonchev–Trinajstić information content (AvgIpc) is 3.41. The largest absolute Gasteiger partial charge is 0.686 e. The minimum Gasteiger partial charge on any atom is -0.686 e. The molecule has 5 aromatic rings. The molecule has 0 bridgehead atoms. The molecule has 1 radical (unpaired) electrons. The van der Waals surface area contributed by atoms with E-state index in [9.17, 15) is 4.79 Å². The molecule has 6 rings (SSSR count). The number of allylic oxidation sites excluding steroid dienone is 2. The molecular formula is C37H38IrN2O2-2. The summed E-state index contributed by atoms with van der Waals surface area (Å²) in [5, 5.41) is 6.58. The van der Waals surface area contributed by atoms with Gasteiger partial charge in [0.15, 0.2) is 5.78 Å². The van der Waals surface area contributed by atoms with Gasteiger partial charge in [-0.25, -0.2) is 0 Å². The summed E-state index contributed by atoms with van der Waals surface area (Å²) in [6.07, 6.45) is 1.54. The number of pyridine rings is 1. The molecule has 0 spiro atoms. The van der Waals surface area contributed by atoms with Gasteiger partial charge in [0, 0.05) is 36.4 Å². The SMILES string of the molecule is CC(=O)/C=C(/C)[N-]C(C)C.CC(C)c1cc(-c2[c-]ccc3c2C(C)(C)c2c-3oc3ccccc23)nc2ccccc12.[Ir]. The van der Waals surface area contributed by atoms with E-state index in [2.05, 4.69) is 93.7 Å². The first-order valence-electron chi connectivity index (χ1n) is 14.4. The van der Waals surface area contributed by atoms with Crippen molar-refractivity contribution in [3.8, 4) is 22.6 Å². The monoisotopic (exact) mass is 735 g/mol. The number of ketones is 1. The number of hydrogen-bond donors (Lipinski definition) is 0. The molecule has 0 saturated carbocycles. The first-order valence-corrected chi connectivity index (χ1v) is 14.4. The Balaban J connectivity index is 0.000000320. The number of aromatic nitrogens is 1. The quantitative estimate of drug-likeness (QED) is 0.133. The van der Waals surface area contributed by atoms with Gasteiger partial charge in [-0.15, -0.1) is 35.4 Å². The van der Waals surface area contributed by atoms with Gasteiger partial charge in [0.25, 0.3) is 0 Å². The summed E-state index contributed by atoms with van der Waals surface area (Å²) in [5.74, 6) is 1.46. The van der Waals surface area contributed by atoms with Crippen LogP contribution in [0.1, 0.15) is 78.0 Å². The zero-order valence-corrected chi connectivity index (χ0v) is 28.0. The van der Waals surface area contributed by atoms with Crippen molar-refractivity contribution in [1.82, 2.24) is 4.98 Å². The van der Waals surface area contributed by atoms with Crippen LogP contribution in [0.25, 0.3) is 49.8 Å². The van der Waals surface area contributed by atoms with Crippen LogP contribution in [0, 0.1) is 6.07 Å². The number of nitrogens with zero attached hydrogens (tertiary/aromatic N) is 2. The average molecular weight is 735 g/mol. The number of para-hydroxylation sites is 2. The summed E-state index contributed by atoms with van der Waals surface area (Å²) in [6.45, 7) is 16.4. The molecule has 0 atom stereocenters. The normalized spacial score (nSPS) is 13.4. The van der Waals surface area contributed by atoms with E-state index in [0.717, 1.165) is 39.4 Å². The molecule has 1 aliphatic rings. The van der Waals surface area contributed by atoms with Crippen molar-refractivity contribution in [2.75, 3.05) is 0 Å². The van der Waals surface area contributed by atoms with Gasteiger partial charge in [-0.2, -0.15) is 5.70 Å². The molecule has 2 aromatic heterocycles. The summed E-state index contributed by atoms with van der Waals surface area (Å²) in [5.41, 5.74) is 9.66. The number of rotatable bonds is 5. The van der Waals surface area contributed by atoms with Crippen molar-refractivity contribution in [1.29, 1.82) is 0 Å². The molecular weight excluding hydrogens is 697 g/mol. The van der Waals surface area contributed by atoms with Crippen LogP contribution in [0.15, 0.2) is 82.9 Å². The topological polar surface area (TPSA) is 57.2 Å². The molecule has 3 aromatic carbocycles.